The van der Waals surface area contributed by atoms with E-state index in [-0.39, 0.29) is 17.6 Å². The number of thiophene rings is 1. The molecule has 1 saturated heterocycles. The van der Waals surface area contributed by atoms with E-state index in [9.17, 15) is 18.0 Å². The monoisotopic (exact) mass is 414 g/mol. The Balaban J connectivity index is 1.44. The Kier molecular flexibility index (Phi) is 4.85. The van der Waals surface area contributed by atoms with E-state index in [0.717, 1.165) is 4.88 Å². The molecule has 0 unspecified atom stereocenters. The molecule has 1 amide bonds. The molecule has 4 heterocycles. The van der Waals surface area contributed by atoms with Crippen molar-refractivity contribution in [2.24, 2.45) is 0 Å². The van der Waals surface area contributed by atoms with Crippen LogP contribution < -0.4 is 0 Å². The zero-order chi connectivity index (χ0) is 19.7. The molecular formula is C15H13F3N6O3S. The molecule has 4 rings (SSSR count). The summed E-state index contributed by atoms with van der Waals surface area (Å²) in [5, 5.41) is 7.54. The van der Waals surface area contributed by atoms with Gasteiger partial charge in [0, 0.05) is 18.0 Å². The van der Waals surface area contributed by atoms with Crippen LogP contribution in [0.2, 0.25) is 0 Å². The Bertz CT molecular complexity index is 976. The first-order valence-corrected chi connectivity index (χ1v) is 8.98. The van der Waals surface area contributed by atoms with Gasteiger partial charge in [0.05, 0.1) is 24.6 Å². The van der Waals surface area contributed by atoms with Crippen LogP contribution in [-0.2, 0) is 17.5 Å². The molecule has 28 heavy (non-hydrogen) atoms. The quantitative estimate of drug-likeness (QED) is 0.643. The molecule has 13 heteroatoms. The Morgan fingerprint density at radius 1 is 1.25 bits per heavy atom. The van der Waals surface area contributed by atoms with Gasteiger partial charge in [-0.1, -0.05) is 5.16 Å². The first-order valence-electron chi connectivity index (χ1n) is 8.16. The summed E-state index contributed by atoms with van der Waals surface area (Å²) >= 11 is 1.20. The van der Waals surface area contributed by atoms with Gasteiger partial charge in [-0.3, -0.25) is 4.79 Å². The largest absolute Gasteiger partial charge is 0.471 e. The summed E-state index contributed by atoms with van der Waals surface area (Å²) in [6, 6.07) is 3.32. The highest BCUT2D eigenvalue weighted by Gasteiger charge is 2.38. The fourth-order valence-electron chi connectivity index (χ4n) is 2.56. The lowest BCUT2D eigenvalue weighted by Gasteiger charge is -2.25. The average molecular weight is 414 g/mol. The van der Waals surface area contributed by atoms with Crippen LogP contribution >= 0.6 is 11.3 Å². The average Bonchev–Trinajstić information content (AvgIpc) is 3.42. The number of halogens is 3. The van der Waals surface area contributed by atoms with Crippen LogP contribution in [0.25, 0.3) is 10.7 Å². The van der Waals surface area contributed by atoms with Gasteiger partial charge in [-0.05, 0) is 12.1 Å². The molecule has 0 spiro atoms. The van der Waals surface area contributed by atoms with Gasteiger partial charge in [0.15, 0.2) is 0 Å². The predicted molar refractivity (Wildman–Crippen MR) is 88.5 cm³/mol. The lowest BCUT2D eigenvalue weighted by molar-refractivity contribution is -0.159. The first-order chi connectivity index (χ1) is 13.4. The number of nitrogens with zero attached hydrogens (tertiary/aromatic N) is 6. The molecule has 1 fully saturated rings. The second-order valence-electron chi connectivity index (χ2n) is 5.86. The zero-order valence-corrected chi connectivity index (χ0v) is 15.0. The third-order valence-corrected chi connectivity index (χ3v) is 4.96. The molecule has 148 valence electrons. The Morgan fingerprint density at radius 2 is 2.04 bits per heavy atom. The van der Waals surface area contributed by atoms with Gasteiger partial charge in [0.1, 0.15) is 6.33 Å². The summed E-state index contributed by atoms with van der Waals surface area (Å²) in [5.41, 5.74) is 0. The van der Waals surface area contributed by atoms with Gasteiger partial charge in [-0.15, -0.1) is 16.4 Å². The minimum absolute atomic E-state index is 0.0895. The van der Waals surface area contributed by atoms with Gasteiger partial charge in [0.25, 0.3) is 5.91 Å². The Labute approximate surface area is 159 Å². The fourth-order valence-corrected chi connectivity index (χ4v) is 3.48. The zero-order valence-electron chi connectivity index (χ0n) is 14.2. The van der Waals surface area contributed by atoms with Crippen LogP contribution in [0.5, 0.6) is 0 Å². The molecule has 0 bridgehead atoms. The highest BCUT2D eigenvalue weighted by molar-refractivity contribution is 7.15. The van der Waals surface area contributed by atoms with Crippen LogP contribution in [0.3, 0.4) is 0 Å². The van der Waals surface area contributed by atoms with E-state index in [2.05, 4.69) is 24.7 Å². The third kappa shape index (κ3) is 3.89. The second-order valence-corrected chi connectivity index (χ2v) is 7.03. The Morgan fingerprint density at radius 3 is 2.75 bits per heavy atom. The number of alkyl halides is 3. The van der Waals surface area contributed by atoms with E-state index in [0.29, 0.717) is 37.7 Å². The summed E-state index contributed by atoms with van der Waals surface area (Å²) in [7, 11) is 0. The van der Waals surface area contributed by atoms with Crippen LogP contribution in [0.1, 0.15) is 21.4 Å². The molecule has 3 aromatic heterocycles. The van der Waals surface area contributed by atoms with Crippen molar-refractivity contribution in [1.29, 1.82) is 0 Å². The van der Waals surface area contributed by atoms with Crippen molar-refractivity contribution in [2.45, 2.75) is 12.7 Å². The van der Waals surface area contributed by atoms with Gasteiger partial charge in [-0.2, -0.15) is 18.2 Å². The molecule has 0 saturated carbocycles. The normalized spacial score (nSPS) is 15.2. The molecule has 9 nitrogen and oxygen atoms in total. The maximum atomic E-state index is 12.6. The standard InChI is InChI=1S/C15H13F3N6O3S/c16-15(17,18)14-20-11(22-27-14)10-2-1-9(28-10)7-24-8-19-12(21-24)13(25)23-3-5-26-6-4-23/h1-2,8H,3-7H2. The molecule has 0 aliphatic carbocycles. The van der Waals surface area contributed by atoms with Crippen molar-refractivity contribution in [3.8, 4) is 10.7 Å². The number of hydrogen-bond acceptors (Lipinski definition) is 8. The highest BCUT2D eigenvalue weighted by atomic mass is 32.1. The van der Waals surface area contributed by atoms with Crippen molar-refractivity contribution in [3.63, 3.8) is 0 Å². The third-order valence-electron chi connectivity index (χ3n) is 3.89. The Hall–Kier alpha value is -2.80. The molecule has 0 radical (unpaired) electrons. The van der Waals surface area contributed by atoms with Crippen molar-refractivity contribution >= 4 is 17.2 Å². The number of rotatable bonds is 4. The minimum atomic E-state index is -4.69. The highest BCUT2D eigenvalue weighted by Crippen LogP contribution is 2.31. The van der Waals surface area contributed by atoms with Gasteiger partial charge in [0.2, 0.25) is 11.6 Å². The molecular weight excluding hydrogens is 401 g/mol. The fraction of sp³-hybridized carbons (Fsp3) is 0.400. The maximum Gasteiger partial charge on any atom is 0.471 e. The summed E-state index contributed by atoms with van der Waals surface area (Å²) < 4.78 is 48.6. The van der Waals surface area contributed by atoms with Crippen molar-refractivity contribution < 1.29 is 27.2 Å². The number of carbonyl (C=O) groups excluding carboxylic acids is 1. The van der Waals surface area contributed by atoms with E-state index >= 15 is 0 Å². The summed E-state index contributed by atoms with van der Waals surface area (Å²) in [6.07, 6.45) is -3.25. The first kappa shape index (κ1) is 18.6. The number of hydrogen-bond donors (Lipinski definition) is 0. The van der Waals surface area contributed by atoms with Crippen LogP contribution in [0.4, 0.5) is 13.2 Å². The topological polar surface area (TPSA) is 99.2 Å². The van der Waals surface area contributed by atoms with E-state index in [1.54, 1.807) is 17.0 Å². The molecule has 0 N–H and O–H groups in total. The number of ether oxygens (including phenoxy) is 1. The number of amides is 1. The van der Waals surface area contributed by atoms with E-state index in [4.69, 9.17) is 4.74 Å². The second kappa shape index (κ2) is 7.31. The SMILES string of the molecule is O=C(c1ncn(Cc2ccc(-c3noc(C(F)(F)F)n3)s2)n1)N1CCOCC1. The van der Waals surface area contributed by atoms with Gasteiger partial charge in [-0.25, -0.2) is 9.67 Å². The molecule has 0 atom stereocenters. The smallest absolute Gasteiger partial charge is 0.378 e. The molecule has 0 aromatic carbocycles. The van der Waals surface area contributed by atoms with E-state index in [1.807, 2.05) is 0 Å². The van der Waals surface area contributed by atoms with Crippen LogP contribution in [0.15, 0.2) is 23.0 Å². The van der Waals surface area contributed by atoms with E-state index < -0.39 is 12.1 Å². The molecule has 1 aliphatic rings. The molecule has 1 aliphatic heterocycles. The van der Waals surface area contributed by atoms with Crippen LogP contribution in [0, 0.1) is 0 Å². The lowest BCUT2D eigenvalue weighted by Crippen LogP contribution is -2.41. The van der Waals surface area contributed by atoms with Crippen molar-refractivity contribution in [3.05, 3.63) is 35.1 Å². The lowest BCUT2D eigenvalue weighted by atomic mass is 10.4. The summed E-state index contributed by atoms with van der Waals surface area (Å²) in [4.78, 5) is 22.6. The maximum absolute atomic E-state index is 12.6. The van der Waals surface area contributed by atoms with Crippen LogP contribution in [-0.4, -0.2) is 62.0 Å². The minimum Gasteiger partial charge on any atom is -0.378 e. The van der Waals surface area contributed by atoms with Gasteiger partial charge < -0.3 is 14.2 Å². The number of morpholine rings is 1. The predicted octanol–water partition coefficient (Wildman–Crippen LogP) is 1.93. The van der Waals surface area contributed by atoms with Crippen molar-refractivity contribution in [2.75, 3.05) is 26.3 Å². The number of carbonyl (C=O) groups is 1. The van der Waals surface area contributed by atoms with Gasteiger partial charge >= 0.3 is 12.1 Å². The summed E-state index contributed by atoms with van der Waals surface area (Å²) in [5.74, 6) is -1.70. The molecule has 3 aromatic rings. The summed E-state index contributed by atoms with van der Waals surface area (Å²) in [6.45, 7) is 2.25. The van der Waals surface area contributed by atoms with Crippen molar-refractivity contribution in [1.82, 2.24) is 29.8 Å². The van der Waals surface area contributed by atoms with E-state index in [1.165, 1.54) is 22.3 Å². The number of aromatic nitrogens is 5.